The first-order valence-electron chi connectivity index (χ1n) is 9.58. The van der Waals surface area contributed by atoms with Gasteiger partial charge in [0.15, 0.2) is 0 Å². The van der Waals surface area contributed by atoms with Gasteiger partial charge in [-0.3, -0.25) is 0 Å². The van der Waals surface area contributed by atoms with Crippen LogP contribution >= 0.6 is 11.3 Å². The molecule has 6 aromatic rings. The van der Waals surface area contributed by atoms with Crippen molar-refractivity contribution in [2.24, 2.45) is 0 Å². The maximum absolute atomic E-state index is 6.41. The van der Waals surface area contributed by atoms with Gasteiger partial charge in [-0.1, -0.05) is 42.5 Å². The molecule has 0 aliphatic heterocycles. The molecule has 138 valence electrons. The molecular formula is C25H17N2OS+. The second-order valence-corrected chi connectivity index (χ2v) is 8.18. The van der Waals surface area contributed by atoms with Gasteiger partial charge >= 0.3 is 5.71 Å². The van der Waals surface area contributed by atoms with Gasteiger partial charge in [0.2, 0.25) is 11.3 Å². The van der Waals surface area contributed by atoms with Crippen LogP contribution in [0, 0.1) is 6.92 Å². The molecule has 3 nitrogen and oxygen atoms in total. The number of para-hydroxylation sites is 3. The number of benzene rings is 3. The zero-order valence-electron chi connectivity index (χ0n) is 15.8. The van der Waals surface area contributed by atoms with E-state index in [4.69, 9.17) is 9.40 Å². The molecule has 6 rings (SSSR count). The highest BCUT2D eigenvalue weighted by molar-refractivity contribution is 7.21. The fourth-order valence-electron chi connectivity index (χ4n) is 3.96. The van der Waals surface area contributed by atoms with Crippen molar-refractivity contribution in [1.29, 1.82) is 0 Å². The lowest BCUT2D eigenvalue weighted by Crippen LogP contribution is -2.24. The van der Waals surface area contributed by atoms with Crippen LogP contribution in [0.2, 0.25) is 0 Å². The van der Waals surface area contributed by atoms with Crippen LogP contribution in [0.25, 0.3) is 48.9 Å². The smallest absolute Gasteiger partial charge is 0.391 e. The van der Waals surface area contributed by atoms with Crippen LogP contribution in [-0.4, -0.2) is 4.98 Å². The van der Waals surface area contributed by atoms with Crippen molar-refractivity contribution in [3.05, 3.63) is 90.5 Å². The standard InChI is InChI=1S/C25H17N2OS/c1-16-15-20(17-9-3-2-4-10-17)27-19-12-6-7-13-21(19)28-25(27)23(16)24-26-18-11-5-8-14-22(18)29-24/h2-15H,1H3/q+1. The SMILES string of the molecule is Cc1cc(-c2ccccc2)[n+]2c(oc3ccccc32)c1-c1nc2ccccc2s1. The largest absolute Gasteiger partial charge is 0.397 e. The maximum atomic E-state index is 6.41. The summed E-state index contributed by atoms with van der Waals surface area (Å²) in [6.07, 6.45) is 0. The number of pyridine rings is 1. The van der Waals surface area contributed by atoms with E-state index in [1.165, 1.54) is 4.70 Å². The van der Waals surface area contributed by atoms with Crippen LogP contribution in [0.1, 0.15) is 5.56 Å². The van der Waals surface area contributed by atoms with Crippen LogP contribution in [0.15, 0.2) is 89.3 Å². The lowest BCUT2D eigenvalue weighted by atomic mass is 10.1. The predicted molar refractivity (Wildman–Crippen MR) is 118 cm³/mol. The lowest BCUT2D eigenvalue weighted by Gasteiger charge is -2.03. The van der Waals surface area contributed by atoms with Crippen molar-refractivity contribution in [3.8, 4) is 21.8 Å². The molecular weight excluding hydrogens is 376 g/mol. The maximum Gasteiger partial charge on any atom is 0.391 e. The summed E-state index contributed by atoms with van der Waals surface area (Å²) >= 11 is 1.71. The molecule has 0 amide bonds. The van der Waals surface area contributed by atoms with Gasteiger partial charge < -0.3 is 4.42 Å². The molecule has 0 unspecified atom stereocenters. The minimum Gasteiger partial charge on any atom is -0.397 e. The summed E-state index contributed by atoms with van der Waals surface area (Å²) in [4.78, 5) is 4.91. The van der Waals surface area contributed by atoms with E-state index in [9.17, 15) is 0 Å². The summed E-state index contributed by atoms with van der Waals surface area (Å²) in [5.41, 5.74) is 8.28. The highest BCUT2D eigenvalue weighted by Gasteiger charge is 2.28. The summed E-state index contributed by atoms with van der Waals surface area (Å²) in [6, 6.07) is 29.2. The van der Waals surface area contributed by atoms with Crippen molar-refractivity contribution >= 4 is 38.4 Å². The van der Waals surface area contributed by atoms with Crippen LogP contribution in [0.5, 0.6) is 0 Å². The molecule has 0 atom stereocenters. The zero-order valence-corrected chi connectivity index (χ0v) is 16.6. The van der Waals surface area contributed by atoms with E-state index >= 15 is 0 Å². The first kappa shape index (κ1) is 16.5. The summed E-state index contributed by atoms with van der Waals surface area (Å²) in [5.74, 6) is 0. The molecule has 3 heterocycles. The molecule has 0 aliphatic rings. The number of rotatable bonds is 2. The monoisotopic (exact) mass is 393 g/mol. The molecule has 0 bridgehead atoms. The highest BCUT2D eigenvalue weighted by Crippen LogP contribution is 2.36. The van der Waals surface area contributed by atoms with Gasteiger partial charge in [-0.25, -0.2) is 4.98 Å². The quantitative estimate of drug-likeness (QED) is 0.318. The first-order valence-corrected chi connectivity index (χ1v) is 10.4. The van der Waals surface area contributed by atoms with E-state index in [-0.39, 0.29) is 0 Å². The summed E-state index contributed by atoms with van der Waals surface area (Å²) in [5, 5.41) is 0.986. The summed E-state index contributed by atoms with van der Waals surface area (Å²) in [7, 11) is 0. The fourth-order valence-corrected chi connectivity index (χ4v) is 5.03. The highest BCUT2D eigenvalue weighted by atomic mass is 32.1. The number of aryl methyl sites for hydroxylation is 1. The predicted octanol–water partition coefficient (Wildman–Crippen LogP) is 6.42. The molecule has 0 saturated carbocycles. The van der Waals surface area contributed by atoms with Gasteiger partial charge in [0.1, 0.15) is 10.6 Å². The fraction of sp³-hybridized carbons (Fsp3) is 0.0400. The number of thiazole rings is 1. The number of aromatic nitrogens is 2. The van der Waals surface area contributed by atoms with Crippen LogP contribution < -0.4 is 4.40 Å². The van der Waals surface area contributed by atoms with Crippen LogP contribution in [-0.2, 0) is 0 Å². The Bertz CT molecular complexity index is 1480. The number of hydrogen-bond acceptors (Lipinski definition) is 3. The first-order chi connectivity index (χ1) is 14.3. The van der Waals surface area contributed by atoms with E-state index in [1.54, 1.807) is 11.3 Å². The van der Waals surface area contributed by atoms with E-state index in [1.807, 2.05) is 24.3 Å². The molecule has 0 N–H and O–H groups in total. The Morgan fingerprint density at radius 2 is 1.62 bits per heavy atom. The van der Waals surface area contributed by atoms with Gasteiger partial charge in [-0.15, -0.1) is 15.7 Å². The molecule has 3 aromatic carbocycles. The minimum atomic E-state index is 0.837. The van der Waals surface area contributed by atoms with Crippen molar-refractivity contribution in [1.82, 2.24) is 4.98 Å². The number of oxazole rings is 1. The van der Waals surface area contributed by atoms with Gasteiger partial charge in [0.25, 0.3) is 5.52 Å². The van der Waals surface area contributed by atoms with E-state index < -0.39 is 0 Å². The summed E-state index contributed by atoms with van der Waals surface area (Å²) < 4.78 is 9.81. The molecule has 0 radical (unpaired) electrons. The second kappa shape index (κ2) is 6.26. The van der Waals surface area contributed by atoms with Gasteiger partial charge in [-0.05, 0) is 42.8 Å². The Morgan fingerprint density at radius 3 is 2.48 bits per heavy atom. The topological polar surface area (TPSA) is 30.1 Å². The summed E-state index contributed by atoms with van der Waals surface area (Å²) in [6.45, 7) is 2.14. The Morgan fingerprint density at radius 1 is 0.862 bits per heavy atom. The van der Waals surface area contributed by atoms with Crippen molar-refractivity contribution in [3.63, 3.8) is 0 Å². The molecule has 3 aromatic heterocycles. The normalized spacial score (nSPS) is 11.6. The Balaban J connectivity index is 1.76. The Labute approximate surface area is 171 Å². The molecule has 0 spiro atoms. The molecule has 0 fully saturated rings. The number of hydrogen-bond donors (Lipinski definition) is 0. The number of fused-ring (bicyclic) bond motifs is 4. The third kappa shape index (κ3) is 2.50. The second-order valence-electron chi connectivity index (χ2n) is 7.15. The van der Waals surface area contributed by atoms with Crippen molar-refractivity contribution in [2.45, 2.75) is 6.92 Å². The lowest BCUT2D eigenvalue weighted by molar-refractivity contribution is -0.472. The zero-order chi connectivity index (χ0) is 19.4. The third-order valence-corrected chi connectivity index (χ3v) is 6.35. The third-order valence-electron chi connectivity index (χ3n) is 5.30. The van der Waals surface area contributed by atoms with Gasteiger partial charge in [0, 0.05) is 17.7 Å². The molecule has 0 saturated heterocycles. The molecule has 4 heteroatoms. The van der Waals surface area contributed by atoms with Crippen LogP contribution in [0.3, 0.4) is 0 Å². The molecule has 29 heavy (non-hydrogen) atoms. The van der Waals surface area contributed by atoms with Crippen LogP contribution in [0.4, 0.5) is 0 Å². The van der Waals surface area contributed by atoms with Crippen molar-refractivity contribution in [2.75, 3.05) is 0 Å². The average molecular weight is 393 g/mol. The van der Waals surface area contributed by atoms with Crippen molar-refractivity contribution < 1.29 is 8.82 Å². The Kier molecular flexibility index (Phi) is 3.55. The minimum absolute atomic E-state index is 0.837. The van der Waals surface area contributed by atoms with E-state index in [0.29, 0.717) is 0 Å². The van der Waals surface area contributed by atoms with Gasteiger partial charge in [0.05, 0.1) is 10.2 Å². The van der Waals surface area contributed by atoms with E-state index in [0.717, 1.165) is 49.7 Å². The van der Waals surface area contributed by atoms with Gasteiger partial charge in [-0.2, -0.15) is 0 Å². The Hall–Kier alpha value is -3.50. The number of nitrogens with zero attached hydrogens (tertiary/aromatic N) is 2. The molecule has 0 aliphatic carbocycles. The van der Waals surface area contributed by atoms with E-state index in [2.05, 4.69) is 72.0 Å². The average Bonchev–Trinajstić information content (AvgIpc) is 3.35.